The molecule has 0 atom stereocenters. The lowest BCUT2D eigenvalue weighted by Gasteiger charge is -1.94. The zero-order valence-electron chi connectivity index (χ0n) is 8.23. The number of rotatable bonds is 3. The van der Waals surface area contributed by atoms with Crippen molar-refractivity contribution in [3.63, 3.8) is 0 Å². The van der Waals surface area contributed by atoms with Crippen LogP contribution in [0, 0.1) is 0 Å². The largest absolute Gasteiger partial charge is 0.469 e. The van der Waals surface area contributed by atoms with Crippen LogP contribution in [0.2, 0.25) is 0 Å². The monoisotopic (exact) mass is 206 g/mol. The van der Waals surface area contributed by atoms with Gasteiger partial charge in [0.1, 0.15) is 12.2 Å². The molecule has 0 radical (unpaired) electrons. The summed E-state index contributed by atoms with van der Waals surface area (Å²) in [5.74, 6) is 1.49. The molecule has 0 bridgehead atoms. The van der Waals surface area contributed by atoms with Crippen LogP contribution in [0.4, 0.5) is 0 Å². The van der Waals surface area contributed by atoms with Gasteiger partial charge in [0.2, 0.25) is 0 Å². The lowest BCUT2D eigenvalue weighted by atomic mass is 10.3. The first-order chi connectivity index (χ1) is 7.29. The molecular weight excluding hydrogens is 196 g/mol. The van der Waals surface area contributed by atoms with Crippen LogP contribution in [0.15, 0.2) is 39.4 Å². The molecule has 0 aliphatic heterocycles. The van der Waals surface area contributed by atoms with Crippen LogP contribution < -0.4 is 0 Å². The van der Waals surface area contributed by atoms with E-state index in [-0.39, 0.29) is 12.4 Å². The van der Waals surface area contributed by atoms with Gasteiger partial charge in [-0.25, -0.2) is 0 Å². The van der Waals surface area contributed by atoms with Crippen LogP contribution in [-0.2, 0) is 16.0 Å². The van der Waals surface area contributed by atoms with Gasteiger partial charge in [-0.3, -0.25) is 4.79 Å². The highest BCUT2D eigenvalue weighted by Gasteiger charge is 2.10. The number of methoxy groups -OCH3 is 1. The molecule has 0 aliphatic rings. The van der Waals surface area contributed by atoms with E-state index in [9.17, 15) is 4.79 Å². The van der Waals surface area contributed by atoms with Crippen molar-refractivity contribution in [3.05, 3.63) is 36.3 Å². The lowest BCUT2D eigenvalue weighted by molar-refractivity contribution is -0.140. The summed E-state index contributed by atoms with van der Waals surface area (Å²) in [6.45, 7) is 0. The average Bonchev–Trinajstić information content (AvgIpc) is 2.85. The second kappa shape index (κ2) is 4.04. The topological polar surface area (TPSA) is 52.6 Å². The molecule has 4 nitrogen and oxygen atoms in total. The Kier molecular flexibility index (Phi) is 2.58. The number of carbonyl (C=O) groups is 1. The molecule has 0 saturated carbocycles. The normalized spacial score (nSPS) is 10.2. The van der Waals surface area contributed by atoms with E-state index in [0.717, 1.165) is 0 Å². The molecule has 15 heavy (non-hydrogen) atoms. The average molecular weight is 206 g/mol. The van der Waals surface area contributed by atoms with Crippen molar-refractivity contribution in [2.24, 2.45) is 0 Å². The van der Waals surface area contributed by atoms with E-state index in [0.29, 0.717) is 17.3 Å². The zero-order valence-corrected chi connectivity index (χ0v) is 8.23. The molecule has 2 aromatic rings. The van der Waals surface area contributed by atoms with Crippen LogP contribution in [-0.4, -0.2) is 13.1 Å². The van der Waals surface area contributed by atoms with E-state index < -0.39 is 0 Å². The summed E-state index contributed by atoms with van der Waals surface area (Å²) in [7, 11) is 1.35. The predicted molar refractivity (Wildman–Crippen MR) is 52.1 cm³/mol. The predicted octanol–water partition coefficient (Wildman–Crippen LogP) is 2.26. The van der Waals surface area contributed by atoms with Gasteiger partial charge in [0, 0.05) is 0 Å². The van der Waals surface area contributed by atoms with Gasteiger partial charge in [-0.15, -0.1) is 0 Å². The molecule has 0 spiro atoms. The first-order valence-electron chi connectivity index (χ1n) is 4.49. The fourth-order valence-corrected chi connectivity index (χ4v) is 1.24. The maximum absolute atomic E-state index is 11.0. The zero-order chi connectivity index (χ0) is 10.7. The fraction of sp³-hybridized carbons (Fsp3) is 0.182. The molecule has 0 N–H and O–H groups in total. The van der Waals surface area contributed by atoms with E-state index in [4.69, 9.17) is 8.83 Å². The Bertz CT molecular complexity index is 439. The standard InChI is InChI=1S/C11H10O4/c1-13-11(12)7-8-4-5-10(15-8)9-3-2-6-14-9/h2-6H,7H2,1H3. The minimum atomic E-state index is -0.324. The Hall–Kier alpha value is -1.97. The van der Waals surface area contributed by atoms with Crippen molar-refractivity contribution >= 4 is 5.97 Å². The SMILES string of the molecule is COC(=O)Cc1ccc(-c2ccco2)o1. The number of hydrogen-bond acceptors (Lipinski definition) is 4. The van der Waals surface area contributed by atoms with Crippen LogP contribution in [0.5, 0.6) is 0 Å². The van der Waals surface area contributed by atoms with Crippen LogP contribution in [0.1, 0.15) is 5.76 Å². The molecule has 78 valence electrons. The Morgan fingerprint density at radius 2 is 2.20 bits per heavy atom. The van der Waals surface area contributed by atoms with Crippen molar-refractivity contribution in [2.45, 2.75) is 6.42 Å². The maximum Gasteiger partial charge on any atom is 0.313 e. The summed E-state index contributed by atoms with van der Waals surface area (Å²) < 4.78 is 15.1. The quantitative estimate of drug-likeness (QED) is 0.723. The van der Waals surface area contributed by atoms with Crippen molar-refractivity contribution in [1.82, 2.24) is 0 Å². The lowest BCUT2D eigenvalue weighted by Crippen LogP contribution is -2.03. The smallest absolute Gasteiger partial charge is 0.313 e. The van der Waals surface area contributed by atoms with Crippen LogP contribution in [0.25, 0.3) is 11.5 Å². The number of hydrogen-bond donors (Lipinski definition) is 0. The van der Waals surface area contributed by atoms with E-state index in [1.807, 2.05) is 0 Å². The van der Waals surface area contributed by atoms with Crippen molar-refractivity contribution < 1.29 is 18.4 Å². The minimum absolute atomic E-state index is 0.136. The summed E-state index contributed by atoms with van der Waals surface area (Å²) >= 11 is 0. The van der Waals surface area contributed by atoms with E-state index in [1.54, 1.807) is 30.5 Å². The summed E-state index contributed by atoms with van der Waals surface area (Å²) in [6.07, 6.45) is 1.70. The molecule has 0 amide bonds. The van der Waals surface area contributed by atoms with E-state index in [1.165, 1.54) is 7.11 Å². The van der Waals surface area contributed by atoms with Gasteiger partial charge in [-0.2, -0.15) is 0 Å². The number of ether oxygens (including phenoxy) is 1. The van der Waals surface area contributed by atoms with Gasteiger partial charge in [0.05, 0.1) is 13.4 Å². The first kappa shape index (κ1) is 9.58. The first-order valence-corrected chi connectivity index (χ1v) is 4.49. The third kappa shape index (κ3) is 2.10. The summed E-state index contributed by atoms with van der Waals surface area (Å²) in [6, 6.07) is 7.06. The maximum atomic E-state index is 11.0. The van der Waals surface area contributed by atoms with Gasteiger partial charge in [0.25, 0.3) is 0 Å². The number of furan rings is 2. The Labute approximate surface area is 86.4 Å². The molecule has 0 fully saturated rings. The molecule has 2 heterocycles. The number of esters is 1. The van der Waals surface area contributed by atoms with Gasteiger partial charge >= 0.3 is 5.97 Å². The van der Waals surface area contributed by atoms with Gasteiger partial charge in [-0.05, 0) is 24.3 Å². The molecule has 4 heteroatoms. The summed E-state index contributed by atoms with van der Waals surface area (Å²) in [5, 5.41) is 0. The summed E-state index contributed by atoms with van der Waals surface area (Å²) in [4.78, 5) is 11.0. The highest BCUT2D eigenvalue weighted by Crippen LogP contribution is 2.22. The molecule has 0 aromatic carbocycles. The third-order valence-electron chi connectivity index (χ3n) is 1.97. The van der Waals surface area contributed by atoms with Gasteiger partial charge in [-0.1, -0.05) is 0 Å². The molecule has 2 aromatic heterocycles. The third-order valence-corrected chi connectivity index (χ3v) is 1.97. The van der Waals surface area contributed by atoms with Crippen molar-refractivity contribution in [3.8, 4) is 11.5 Å². The fourth-order valence-electron chi connectivity index (χ4n) is 1.24. The molecular formula is C11H10O4. The van der Waals surface area contributed by atoms with Crippen molar-refractivity contribution in [2.75, 3.05) is 7.11 Å². The minimum Gasteiger partial charge on any atom is -0.469 e. The van der Waals surface area contributed by atoms with E-state index in [2.05, 4.69) is 4.74 Å². The highest BCUT2D eigenvalue weighted by molar-refractivity contribution is 5.71. The summed E-state index contributed by atoms with van der Waals surface area (Å²) in [5.41, 5.74) is 0. The molecule has 0 saturated heterocycles. The second-order valence-electron chi connectivity index (χ2n) is 3.00. The Morgan fingerprint density at radius 3 is 2.87 bits per heavy atom. The Morgan fingerprint density at radius 1 is 1.33 bits per heavy atom. The second-order valence-corrected chi connectivity index (χ2v) is 3.00. The van der Waals surface area contributed by atoms with Gasteiger partial charge < -0.3 is 13.6 Å². The van der Waals surface area contributed by atoms with Crippen LogP contribution >= 0.6 is 0 Å². The highest BCUT2D eigenvalue weighted by atomic mass is 16.5. The molecule has 0 unspecified atom stereocenters. The van der Waals surface area contributed by atoms with Crippen molar-refractivity contribution in [1.29, 1.82) is 0 Å². The van der Waals surface area contributed by atoms with E-state index >= 15 is 0 Å². The van der Waals surface area contributed by atoms with Gasteiger partial charge in [0.15, 0.2) is 11.5 Å². The molecule has 2 rings (SSSR count). The molecule has 0 aliphatic carbocycles. The van der Waals surface area contributed by atoms with Crippen LogP contribution in [0.3, 0.4) is 0 Å². The Balaban J connectivity index is 2.14. The number of carbonyl (C=O) groups excluding carboxylic acids is 1.